The van der Waals surface area contributed by atoms with Gasteiger partial charge in [0.25, 0.3) is 6.48 Å². The van der Waals surface area contributed by atoms with Gasteiger partial charge in [-0.15, -0.1) is 0 Å². The number of fused-ring (bicyclic) bond motifs is 5. The van der Waals surface area contributed by atoms with Crippen LogP contribution in [0, 0.1) is 40.4 Å². The van der Waals surface area contributed by atoms with E-state index in [1.807, 2.05) is 0 Å². The molecular weight excluding hydrogens is 312 g/mol. The molecule has 0 saturated heterocycles. The predicted octanol–water partition coefficient (Wildman–Crippen LogP) is 4.75. The van der Waals surface area contributed by atoms with Crippen LogP contribution in [0.5, 0.6) is 0 Å². The lowest BCUT2D eigenvalue weighted by Gasteiger charge is -2.58. The van der Waals surface area contributed by atoms with Gasteiger partial charge in [-0.3, -0.25) is 0 Å². The average molecular weight is 349 g/mol. The molecule has 0 aromatic heterocycles. The van der Waals surface area contributed by atoms with E-state index < -0.39 is 6.48 Å². The van der Waals surface area contributed by atoms with Crippen LogP contribution >= 0.6 is 0 Å². The van der Waals surface area contributed by atoms with Crippen LogP contribution in [-0.4, -0.2) is 24.8 Å². The molecule has 25 heavy (non-hydrogen) atoms. The van der Waals surface area contributed by atoms with Crippen molar-refractivity contribution in [1.82, 2.24) is 0 Å². The number of ether oxygens (including phenoxy) is 2. The van der Waals surface area contributed by atoms with Gasteiger partial charge in [0.2, 0.25) is 0 Å². The van der Waals surface area contributed by atoms with E-state index in [-0.39, 0.29) is 6.10 Å². The summed E-state index contributed by atoms with van der Waals surface area (Å²) in [6.45, 7) is 6.53. The molecule has 0 amide bonds. The molecule has 0 spiro atoms. The fraction of sp³-hybridized carbons (Fsp3) is 0.909. The Morgan fingerprint density at radius 3 is 2.48 bits per heavy atom. The Balaban J connectivity index is 1.54. The molecule has 4 rings (SSSR count). The number of methoxy groups -OCH3 is 1. The Bertz CT molecular complexity index is 531. The largest absolute Gasteiger partial charge is 0.346 e. The Morgan fingerprint density at radius 1 is 1.00 bits per heavy atom. The maximum absolute atomic E-state index is 9.65. The highest BCUT2D eigenvalue weighted by atomic mass is 16.8. The Labute approximate surface area is 153 Å². The smallest absolute Gasteiger partial charge is 0.269 e. The molecule has 3 heteroatoms. The van der Waals surface area contributed by atoms with E-state index in [0.717, 1.165) is 36.5 Å². The SMILES string of the molecule is COC(O)OC1CCC2(C)C(C=CC3C4CCC(C)C4(C)CCC32)C1. The molecule has 0 aromatic carbocycles. The predicted molar refractivity (Wildman–Crippen MR) is 98.7 cm³/mol. The molecule has 142 valence electrons. The lowest BCUT2D eigenvalue weighted by molar-refractivity contribution is -0.279. The number of hydrogen-bond donors (Lipinski definition) is 1. The molecule has 0 aliphatic heterocycles. The molecule has 4 aliphatic carbocycles. The molecule has 0 aromatic rings. The van der Waals surface area contributed by atoms with Crippen molar-refractivity contribution in [2.24, 2.45) is 40.4 Å². The molecule has 3 fully saturated rings. The second-order valence-electron chi connectivity index (χ2n) is 9.89. The van der Waals surface area contributed by atoms with E-state index in [1.54, 1.807) is 0 Å². The Morgan fingerprint density at radius 2 is 1.72 bits per heavy atom. The van der Waals surface area contributed by atoms with Crippen LogP contribution in [0.15, 0.2) is 12.2 Å². The van der Waals surface area contributed by atoms with Crippen molar-refractivity contribution < 1.29 is 14.6 Å². The minimum Gasteiger partial charge on any atom is -0.346 e. The van der Waals surface area contributed by atoms with Crippen molar-refractivity contribution in [1.29, 1.82) is 0 Å². The zero-order chi connectivity index (χ0) is 17.8. The highest BCUT2D eigenvalue weighted by molar-refractivity contribution is 5.17. The minimum atomic E-state index is -1.08. The Hall–Kier alpha value is -0.380. The Kier molecular flexibility index (Phi) is 4.57. The molecule has 1 N–H and O–H groups in total. The van der Waals surface area contributed by atoms with E-state index >= 15 is 0 Å². The van der Waals surface area contributed by atoms with Crippen molar-refractivity contribution in [2.75, 3.05) is 7.11 Å². The first-order valence-corrected chi connectivity index (χ1v) is 10.4. The molecule has 0 heterocycles. The summed E-state index contributed by atoms with van der Waals surface area (Å²) in [5.74, 6) is 3.97. The molecule has 0 bridgehead atoms. The highest BCUT2D eigenvalue weighted by Gasteiger charge is 2.58. The lowest BCUT2D eigenvalue weighted by atomic mass is 9.46. The van der Waals surface area contributed by atoms with Crippen LogP contribution in [0.4, 0.5) is 0 Å². The van der Waals surface area contributed by atoms with Crippen molar-refractivity contribution in [3.8, 4) is 0 Å². The standard InChI is InChI=1S/C22H36O3/c1-14-5-8-18-17-7-6-15-13-16(25-20(23)24-4)9-11-22(15,3)19(17)10-12-21(14,18)2/h6-7,14-20,23H,5,8-13H2,1-4H3. The zero-order valence-corrected chi connectivity index (χ0v) is 16.4. The first-order chi connectivity index (χ1) is 11.9. The third kappa shape index (κ3) is 2.73. The number of aliphatic hydroxyl groups excluding tert-OH is 1. The van der Waals surface area contributed by atoms with Gasteiger partial charge in [0.15, 0.2) is 0 Å². The minimum absolute atomic E-state index is 0.120. The van der Waals surface area contributed by atoms with Gasteiger partial charge in [-0.25, -0.2) is 0 Å². The van der Waals surface area contributed by atoms with E-state index in [4.69, 9.17) is 9.47 Å². The molecule has 9 unspecified atom stereocenters. The van der Waals surface area contributed by atoms with Crippen LogP contribution < -0.4 is 0 Å². The molecule has 3 saturated carbocycles. The third-order valence-electron chi connectivity index (χ3n) is 9.10. The van der Waals surface area contributed by atoms with Crippen molar-refractivity contribution in [3.63, 3.8) is 0 Å². The van der Waals surface area contributed by atoms with Crippen LogP contribution in [0.25, 0.3) is 0 Å². The molecular formula is C22H36O3. The summed E-state index contributed by atoms with van der Waals surface area (Å²) in [5.41, 5.74) is 0.974. The fourth-order valence-corrected chi connectivity index (χ4v) is 7.19. The topological polar surface area (TPSA) is 38.7 Å². The van der Waals surface area contributed by atoms with E-state index in [9.17, 15) is 5.11 Å². The lowest BCUT2D eigenvalue weighted by Crippen LogP contribution is -2.52. The molecule has 9 atom stereocenters. The summed E-state index contributed by atoms with van der Waals surface area (Å²) in [6.07, 6.45) is 14.2. The molecule has 3 nitrogen and oxygen atoms in total. The number of aliphatic hydroxyl groups is 1. The monoisotopic (exact) mass is 348 g/mol. The van der Waals surface area contributed by atoms with Crippen LogP contribution in [0.3, 0.4) is 0 Å². The van der Waals surface area contributed by atoms with Crippen molar-refractivity contribution in [3.05, 3.63) is 12.2 Å². The highest BCUT2D eigenvalue weighted by Crippen LogP contribution is 2.65. The van der Waals surface area contributed by atoms with Gasteiger partial charge < -0.3 is 14.6 Å². The van der Waals surface area contributed by atoms with Crippen LogP contribution in [0.2, 0.25) is 0 Å². The summed E-state index contributed by atoms with van der Waals surface area (Å²) >= 11 is 0. The average Bonchev–Trinajstić information content (AvgIpc) is 2.90. The maximum Gasteiger partial charge on any atom is 0.269 e. The first kappa shape index (κ1) is 18.0. The second-order valence-corrected chi connectivity index (χ2v) is 9.89. The van der Waals surface area contributed by atoms with Crippen LogP contribution in [-0.2, 0) is 9.47 Å². The summed E-state index contributed by atoms with van der Waals surface area (Å²) in [4.78, 5) is 0. The quantitative estimate of drug-likeness (QED) is 0.591. The maximum atomic E-state index is 9.65. The van der Waals surface area contributed by atoms with Gasteiger partial charge in [0.1, 0.15) is 0 Å². The number of hydrogen-bond acceptors (Lipinski definition) is 3. The van der Waals surface area contributed by atoms with Gasteiger partial charge in [-0.1, -0.05) is 32.9 Å². The van der Waals surface area contributed by atoms with Crippen molar-refractivity contribution >= 4 is 0 Å². The first-order valence-electron chi connectivity index (χ1n) is 10.4. The fourth-order valence-electron chi connectivity index (χ4n) is 7.19. The molecule has 0 radical (unpaired) electrons. The molecule has 4 aliphatic rings. The van der Waals surface area contributed by atoms with E-state index in [0.29, 0.717) is 16.7 Å². The van der Waals surface area contributed by atoms with E-state index in [2.05, 4.69) is 32.9 Å². The normalized spacial score (nSPS) is 53.0. The van der Waals surface area contributed by atoms with Crippen molar-refractivity contribution in [2.45, 2.75) is 78.3 Å². The third-order valence-corrected chi connectivity index (χ3v) is 9.10. The second kappa shape index (κ2) is 6.35. The van der Waals surface area contributed by atoms with Gasteiger partial charge in [-0.2, -0.15) is 0 Å². The summed E-state index contributed by atoms with van der Waals surface area (Å²) < 4.78 is 10.6. The van der Waals surface area contributed by atoms with Gasteiger partial charge in [0.05, 0.1) is 6.10 Å². The van der Waals surface area contributed by atoms with Gasteiger partial charge in [-0.05, 0) is 85.4 Å². The van der Waals surface area contributed by atoms with E-state index in [1.165, 1.54) is 39.2 Å². The summed E-state index contributed by atoms with van der Waals surface area (Å²) in [6, 6.07) is 0. The summed E-state index contributed by atoms with van der Waals surface area (Å²) in [5, 5.41) is 9.65. The summed E-state index contributed by atoms with van der Waals surface area (Å²) in [7, 11) is 1.49. The van der Waals surface area contributed by atoms with Gasteiger partial charge in [0, 0.05) is 7.11 Å². The number of rotatable bonds is 3. The van der Waals surface area contributed by atoms with Gasteiger partial charge >= 0.3 is 0 Å². The zero-order valence-electron chi connectivity index (χ0n) is 16.4. The van der Waals surface area contributed by atoms with Crippen LogP contribution in [0.1, 0.15) is 65.7 Å². The number of allylic oxidation sites excluding steroid dienone is 2.